The van der Waals surface area contributed by atoms with Crippen LogP contribution in [-0.2, 0) is 13.1 Å². The van der Waals surface area contributed by atoms with Crippen LogP contribution in [0.5, 0.6) is 17.2 Å². The van der Waals surface area contributed by atoms with Crippen LogP contribution in [0.4, 0.5) is 21.9 Å². The lowest BCUT2D eigenvalue weighted by atomic mass is 10.2. The van der Waals surface area contributed by atoms with Crippen LogP contribution in [0.2, 0.25) is 0 Å². The number of rotatable bonds is 8. The number of ether oxygens (including phenoxy) is 3. The Kier molecular flexibility index (Phi) is 7.09. The highest BCUT2D eigenvalue weighted by Crippen LogP contribution is 2.40. The molecular formula is C25H33N5O5. The molecule has 2 amide bonds. The molecule has 0 bridgehead atoms. The molecule has 1 aromatic heterocycles. The number of benzene rings is 2. The number of nitrogens with zero attached hydrogens (tertiary/aromatic N) is 3. The topological polar surface area (TPSA) is 99.0 Å². The Hall–Kier alpha value is -3.82. The number of urea groups is 1. The van der Waals surface area contributed by atoms with Gasteiger partial charge in [-0.3, -0.25) is 9.13 Å². The van der Waals surface area contributed by atoms with Gasteiger partial charge in [0.2, 0.25) is 5.75 Å². The Balaban J connectivity index is 1.72. The van der Waals surface area contributed by atoms with Crippen molar-refractivity contribution in [1.82, 2.24) is 9.13 Å². The second kappa shape index (κ2) is 10.2. The number of carbonyl (C=O) groups excluding carboxylic acids is 1. The molecule has 0 radical (unpaired) electrons. The standard InChI is InChI=1S/C25H33N5O5/c1-6-29-19-14-17(18(28-10-8-9-11-28)15-20(19)30(7-2)25(29)32)27-24(31)26-16-12-21(33-3)23(35-5)22(13-16)34-4/h12-15H,6-11H2,1-5H3,(H2,26,27,31). The number of carbonyl (C=O) groups is 1. The number of amides is 2. The van der Waals surface area contributed by atoms with Gasteiger partial charge >= 0.3 is 11.7 Å². The quantitative estimate of drug-likeness (QED) is 0.500. The molecule has 1 aliphatic heterocycles. The number of aryl methyl sites for hydroxylation is 2. The second-order valence-electron chi connectivity index (χ2n) is 8.32. The van der Waals surface area contributed by atoms with E-state index < -0.39 is 6.03 Å². The zero-order valence-corrected chi connectivity index (χ0v) is 20.9. The van der Waals surface area contributed by atoms with Crippen LogP contribution in [0, 0.1) is 0 Å². The summed E-state index contributed by atoms with van der Waals surface area (Å²) in [6.45, 7) is 6.84. The van der Waals surface area contributed by atoms with Crippen LogP contribution in [-0.4, -0.2) is 49.6 Å². The van der Waals surface area contributed by atoms with Crippen molar-refractivity contribution in [2.75, 3.05) is 50.0 Å². The summed E-state index contributed by atoms with van der Waals surface area (Å²) in [5, 5.41) is 5.86. The average molecular weight is 484 g/mol. The van der Waals surface area contributed by atoms with Crippen LogP contribution in [0.1, 0.15) is 26.7 Å². The number of imidazole rings is 1. The Bertz CT molecular complexity index is 1260. The van der Waals surface area contributed by atoms with Gasteiger partial charge in [0, 0.05) is 38.3 Å². The first-order valence-electron chi connectivity index (χ1n) is 11.9. The van der Waals surface area contributed by atoms with E-state index in [1.54, 1.807) is 21.3 Å². The summed E-state index contributed by atoms with van der Waals surface area (Å²) >= 11 is 0. The summed E-state index contributed by atoms with van der Waals surface area (Å²) in [6, 6.07) is 6.84. The minimum absolute atomic E-state index is 0.0450. The number of fused-ring (bicyclic) bond motifs is 1. The predicted octanol–water partition coefficient (Wildman–Crippen LogP) is 4.11. The summed E-state index contributed by atoms with van der Waals surface area (Å²) in [5.41, 5.74) is 3.67. The number of nitrogens with one attached hydrogen (secondary N) is 2. The highest BCUT2D eigenvalue weighted by molar-refractivity contribution is 6.04. The van der Waals surface area contributed by atoms with E-state index in [-0.39, 0.29) is 5.69 Å². The SMILES string of the molecule is CCn1c(=O)n(CC)c2cc(N3CCCC3)c(NC(=O)Nc3cc(OC)c(OC)c(OC)c3)cc21. The van der Waals surface area contributed by atoms with Crippen molar-refractivity contribution in [3.05, 3.63) is 34.7 Å². The van der Waals surface area contributed by atoms with E-state index in [1.165, 1.54) is 21.3 Å². The Morgan fingerprint density at radius 3 is 1.94 bits per heavy atom. The van der Waals surface area contributed by atoms with Crippen molar-refractivity contribution >= 4 is 34.1 Å². The fraction of sp³-hybridized carbons (Fsp3) is 0.440. The molecule has 2 heterocycles. The molecule has 1 fully saturated rings. The largest absolute Gasteiger partial charge is 0.493 e. The third kappa shape index (κ3) is 4.48. The molecule has 2 aromatic carbocycles. The molecule has 35 heavy (non-hydrogen) atoms. The normalized spacial score (nSPS) is 13.2. The summed E-state index contributed by atoms with van der Waals surface area (Å²) in [4.78, 5) is 28.3. The van der Waals surface area contributed by atoms with Gasteiger partial charge in [-0.1, -0.05) is 0 Å². The fourth-order valence-corrected chi connectivity index (χ4v) is 4.72. The lowest BCUT2D eigenvalue weighted by Crippen LogP contribution is -2.24. The van der Waals surface area contributed by atoms with E-state index in [2.05, 4.69) is 15.5 Å². The Morgan fingerprint density at radius 2 is 1.43 bits per heavy atom. The second-order valence-corrected chi connectivity index (χ2v) is 8.32. The van der Waals surface area contributed by atoms with Gasteiger partial charge in [-0.2, -0.15) is 0 Å². The average Bonchev–Trinajstić information content (AvgIpc) is 3.48. The molecule has 3 aromatic rings. The van der Waals surface area contributed by atoms with Crippen molar-refractivity contribution in [3.8, 4) is 17.2 Å². The molecule has 0 aliphatic carbocycles. The summed E-state index contributed by atoms with van der Waals surface area (Å²) < 4.78 is 19.6. The molecule has 4 rings (SSSR count). The smallest absolute Gasteiger partial charge is 0.329 e. The maximum atomic E-state index is 13.1. The molecule has 1 saturated heterocycles. The predicted molar refractivity (Wildman–Crippen MR) is 138 cm³/mol. The van der Waals surface area contributed by atoms with Crippen LogP contribution in [0.3, 0.4) is 0 Å². The third-order valence-corrected chi connectivity index (χ3v) is 6.39. The first-order valence-corrected chi connectivity index (χ1v) is 11.9. The lowest BCUT2D eigenvalue weighted by molar-refractivity contribution is 0.262. The molecular weight excluding hydrogens is 450 g/mol. The first-order chi connectivity index (χ1) is 16.9. The first kappa shape index (κ1) is 24.3. The molecule has 0 saturated carbocycles. The van der Waals surface area contributed by atoms with E-state index >= 15 is 0 Å². The molecule has 2 N–H and O–H groups in total. The van der Waals surface area contributed by atoms with Crippen LogP contribution in [0.25, 0.3) is 11.0 Å². The van der Waals surface area contributed by atoms with E-state index in [4.69, 9.17) is 14.2 Å². The van der Waals surface area contributed by atoms with Crippen molar-refractivity contribution in [2.45, 2.75) is 39.8 Å². The van der Waals surface area contributed by atoms with Gasteiger partial charge in [0.15, 0.2) is 11.5 Å². The van der Waals surface area contributed by atoms with E-state index in [1.807, 2.05) is 26.0 Å². The molecule has 0 spiro atoms. The molecule has 10 heteroatoms. The maximum absolute atomic E-state index is 13.1. The number of anilines is 3. The van der Waals surface area contributed by atoms with Gasteiger partial charge < -0.3 is 29.7 Å². The van der Waals surface area contributed by atoms with Gasteiger partial charge in [-0.05, 0) is 38.8 Å². The van der Waals surface area contributed by atoms with Crippen molar-refractivity contribution in [2.24, 2.45) is 0 Å². The molecule has 10 nitrogen and oxygen atoms in total. The van der Waals surface area contributed by atoms with Gasteiger partial charge in [0.1, 0.15) is 0 Å². The van der Waals surface area contributed by atoms with Crippen LogP contribution >= 0.6 is 0 Å². The number of aromatic nitrogens is 2. The molecule has 0 unspecified atom stereocenters. The minimum Gasteiger partial charge on any atom is -0.493 e. The monoisotopic (exact) mass is 483 g/mol. The van der Waals surface area contributed by atoms with Crippen molar-refractivity contribution in [3.63, 3.8) is 0 Å². The highest BCUT2D eigenvalue weighted by atomic mass is 16.5. The summed E-state index contributed by atoms with van der Waals surface area (Å²) in [5.74, 6) is 1.32. The Morgan fingerprint density at radius 1 is 0.857 bits per heavy atom. The summed E-state index contributed by atoms with van der Waals surface area (Å²) in [7, 11) is 4.57. The third-order valence-electron chi connectivity index (χ3n) is 6.39. The van der Waals surface area contributed by atoms with E-state index in [0.29, 0.717) is 41.7 Å². The summed E-state index contributed by atoms with van der Waals surface area (Å²) in [6.07, 6.45) is 2.18. The number of hydrogen-bond donors (Lipinski definition) is 2. The molecule has 1 aliphatic rings. The molecule has 188 valence electrons. The van der Waals surface area contributed by atoms with Gasteiger partial charge in [0.25, 0.3) is 0 Å². The molecule has 0 atom stereocenters. The maximum Gasteiger partial charge on any atom is 0.329 e. The zero-order chi connectivity index (χ0) is 25.1. The van der Waals surface area contributed by atoms with Crippen LogP contribution < -0.4 is 35.4 Å². The highest BCUT2D eigenvalue weighted by Gasteiger charge is 2.22. The number of hydrogen-bond acceptors (Lipinski definition) is 6. The number of methoxy groups -OCH3 is 3. The van der Waals surface area contributed by atoms with E-state index in [0.717, 1.165) is 42.7 Å². The lowest BCUT2D eigenvalue weighted by Gasteiger charge is -2.22. The Labute approximate surface area is 204 Å². The van der Waals surface area contributed by atoms with Gasteiger partial charge in [-0.15, -0.1) is 0 Å². The van der Waals surface area contributed by atoms with Crippen molar-refractivity contribution in [1.29, 1.82) is 0 Å². The van der Waals surface area contributed by atoms with E-state index in [9.17, 15) is 9.59 Å². The van der Waals surface area contributed by atoms with Crippen molar-refractivity contribution < 1.29 is 19.0 Å². The van der Waals surface area contributed by atoms with Gasteiger partial charge in [-0.25, -0.2) is 9.59 Å². The minimum atomic E-state index is -0.417. The fourth-order valence-electron chi connectivity index (χ4n) is 4.72. The van der Waals surface area contributed by atoms with Gasteiger partial charge in [0.05, 0.1) is 49.4 Å². The zero-order valence-electron chi connectivity index (χ0n) is 20.9. The van der Waals surface area contributed by atoms with Crippen LogP contribution in [0.15, 0.2) is 29.1 Å².